The van der Waals surface area contributed by atoms with E-state index in [2.05, 4.69) is 16.7 Å². The van der Waals surface area contributed by atoms with E-state index in [1.54, 1.807) is 6.07 Å². The van der Waals surface area contributed by atoms with E-state index in [4.69, 9.17) is 0 Å². The predicted molar refractivity (Wildman–Crippen MR) is 85.4 cm³/mol. The Bertz CT molecular complexity index is 494. The highest BCUT2D eigenvalue weighted by Crippen LogP contribution is 2.19. The lowest BCUT2D eigenvalue weighted by molar-refractivity contribution is -0.120. The number of hydrogen-bond acceptors (Lipinski definition) is 3. The van der Waals surface area contributed by atoms with Gasteiger partial charge in [-0.05, 0) is 43.6 Å². The van der Waals surface area contributed by atoms with Gasteiger partial charge in [-0.25, -0.2) is 0 Å². The molecule has 0 unspecified atom stereocenters. The van der Waals surface area contributed by atoms with Crippen LogP contribution in [0.15, 0.2) is 29.2 Å². The fourth-order valence-electron chi connectivity index (χ4n) is 2.37. The summed E-state index contributed by atoms with van der Waals surface area (Å²) < 4.78 is 0. The van der Waals surface area contributed by atoms with Crippen molar-refractivity contribution in [2.75, 3.05) is 13.1 Å². The summed E-state index contributed by atoms with van der Waals surface area (Å²) in [6.07, 6.45) is 8.50. The molecule has 0 fully saturated rings. The molecule has 1 aromatic heterocycles. The van der Waals surface area contributed by atoms with E-state index >= 15 is 0 Å². The molecule has 0 saturated carbocycles. The molecule has 2 N–H and O–H groups in total. The fourth-order valence-corrected chi connectivity index (χ4v) is 3.01. The zero-order chi connectivity index (χ0) is 14.9. The maximum absolute atomic E-state index is 11.7. The van der Waals surface area contributed by atoms with Crippen LogP contribution in [0.4, 0.5) is 0 Å². The number of allylic oxidation sites excluding steroid dienone is 1. The van der Waals surface area contributed by atoms with Gasteiger partial charge in [0.15, 0.2) is 0 Å². The Morgan fingerprint density at radius 1 is 1.19 bits per heavy atom. The molecular formula is C16H22N2O2S. The van der Waals surface area contributed by atoms with Gasteiger partial charge in [0.1, 0.15) is 0 Å². The molecule has 114 valence electrons. The van der Waals surface area contributed by atoms with Crippen molar-refractivity contribution in [3.05, 3.63) is 34.0 Å². The third-order valence-electron chi connectivity index (χ3n) is 3.54. The monoisotopic (exact) mass is 306 g/mol. The second-order valence-electron chi connectivity index (χ2n) is 5.19. The number of rotatable bonds is 7. The Balaban J connectivity index is 1.55. The SMILES string of the molecule is O=C(CCNC(=O)c1cccs1)NCCC1=CCCCC1. The van der Waals surface area contributed by atoms with Gasteiger partial charge in [-0.15, -0.1) is 11.3 Å². The number of thiophene rings is 1. The van der Waals surface area contributed by atoms with Crippen LogP contribution in [0.3, 0.4) is 0 Å². The Kier molecular flexibility index (Phi) is 6.47. The van der Waals surface area contributed by atoms with Crippen LogP contribution < -0.4 is 10.6 Å². The van der Waals surface area contributed by atoms with Gasteiger partial charge in [-0.1, -0.05) is 17.7 Å². The maximum Gasteiger partial charge on any atom is 0.261 e. The predicted octanol–water partition coefficient (Wildman–Crippen LogP) is 2.87. The summed E-state index contributed by atoms with van der Waals surface area (Å²) in [6.45, 7) is 1.08. The summed E-state index contributed by atoms with van der Waals surface area (Å²) in [5, 5.41) is 7.53. The van der Waals surface area contributed by atoms with Crippen molar-refractivity contribution in [2.24, 2.45) is 0 Å². The summed E-state index contributed by atoms with van der Waals surface area (Å²) in [7, 11) is 0. The molecule has 0 atom stereocenters. The summed E-state index contributed by atoms with van der Waals surface area (Å²) in [4.78, 5) is 24.0. The molecule has 0 aromatic carbocycles. The summed E-state index contributed by atoms with van der Waals surface area (Å²) in [5.74, 6) is -0.108. The van der Waals surface area contributed by atoms with Crippen molar-refractivity contribution in [3.63, 3.8) is 0 Å². The molecule has 1 aliphatic carbocycles. The Morgan fingerprint density at radius 3 is 2.81 bits per heavy atom. The molecule has 1 aliphatic rings. The van der Waals surface area contributed by atoms with Crippen molar-refractivity contribution in [1.82, 2.24) is 10.6 Å². The Morgan fingerprint density at radius 2 is 2.10 bits per heavy atom. The standard InChI is InChI=1S/C16H22N2O2S/c19-15(17-10-8-13-5-2-1-3-6-13)9-11-18-16(20)14-7-4-12-21-14/h4-5,7,12H,1-3,6,8-11H2,(H,17,19)(H,18,20). The minimum Gasteiger partial charge on any atom is -0.356 e. The summed E-state index contributed by atoms with van der Waals surface area (Å²) >= 11 is 1.40. The maximum atomic E-state index is 11.7. The molecule has 1 heterocycles. The van der Waals surface area contributed by atoms with Crippen LogP contribution in [0.25, 0.3) is 0 Å². The highest BCUT2D eigenvalue weighted by atomic mass is 32.1. The van der Waals surface area contributed by atoms with Gasteiger partial charge in [0, 0.05) is 19.5 Å². The summed E-state index contributed by atoms with van der Waals surface area (Å²) in [5.41, 5.74) is 1.47. The quantitative estimate of drug-likeness (QED) is 0.761. The van der Waals surface area contributed by atoms with Crippen LogP contribution in [0, 0.1) is 0 Å². The van der Waals surface area contributed by atoms with Crippen molar-refractivity contribution in [3.8, 4) is 0 Å². The third kappa shape index (κ3) is 5.71. The number of hydrogen-bond donors (Lipinski definition) is 2. The fraction of sp³-hybridized carbons (Fsp3) is 0.500. The lowest BCUT2D eigenvalue weighted by Gasteiger charge is -2.13. The second kappa shape index (κ2) is 8.62. The van der Waals surface area contributed by atoms with Crippen LogP contribution in [0.1, 0.15) is 48.2 Å². The van der Waals surface area contributed by atoms with Crippen LogP contribution in [0.5, 0.6) is 0 Å². The van der Waals surface area contributed by atoms with E-state index in [9.17, 15) is 9.59 Å². The molecule has 4 nitrogen and oxygen atoms in total. The molecule has 2 rings (SSSR count). The van der Waals surface area contributed by atoms with Gasteiger partial charge in [-0.2, -0.15) is 0 Å². The highest BCUT2D eigenvalue weighted by Gasteiger charge is 2.08. The topological polar surface area (TPSA) is 58.2 Å². The van der Waals surface area contributed by atoms with Crippen molar-refractivity contribution < 1.29 is 9.59 Å². The molecule has 0 saturated heterocycles. The van der Waals surface area contributed by atoms with Gasteiger partial charge < -0.3 is 10.6 Å². The molecule has 0 bridgehead atoms. The van der Waals surface area contributed by atoms with E-state index in [-0.39, 0.29) is 11.8 Å². The van der Waals surface area contributed by atoms with Gasteiger partial charge >= 0.3 is 0 Å². The normalized spacial score (nSPS) is 14.4. The van der Waals surface area contributed by atoms with Crippen molar-refractivity contribution in [1.29, 1.82) is 0 Å². The van der Waals surface area contributed by atoms with Crippen molar-refractivity contribution >= 4 is 23.2 Å². The molecule has 5 heteroatoms. The smallest absolute Gasteiger partial charge is 0.261 e. The first-order valence-electron chi connectivity index (χ1n) is 7.52. The first-order valence-corrected chi connectivity index (χ1v) is 8.40. The van der Waals surface area contributed by atoms with E-state index in [1.165, 1.54) is 42.6 Å². The molecule has 0 spiro atoms. The average Bonchev–Trinajstić information content (AvgIpc) is 3.02. The van der Waals surface area contributed by atoms with Crippen LogP contribution in [-0.2, 0) is 4.79 Å². The first-order chi connectivity index (χ1) is 10.3. The number of amides is 2. The Labute approximate surface area is 129 Å². The van der Waals surface area contributed by atoms with E-state index in [0.29, 0.717) is 24.4 Å². The minimum atomic E-state index is -0.106. The van der Waals surface area contributed by atoms with E-state index in [1.807, 2.05) is 11.4 Å². The Hall–Kier alpha value is -1.62. The van der Waals surface area contributed by atoms with Gasteiger partial charge in [0.2, 0.25) is 5.91 Å². The minimum absolute atomic E-state index is 0.00195. The van der Waals surface area contributed by atoms with Crippen LogP contribution in [0.2, 0.25) is 0 Å². The first kappa shape index (κ1) is 15.8. The zero-order valence-electron chi connectivity index (χ0n) is 12.2. The lowest BCUT2D eigenvalue weighted by Crippen LogP contribution is -2.31. The van der Waals surface area contributed by atoms with Gasteiger partial charge in [-0.3, -0.25) is 9.59 Å². The lowest BCUT2D eigenvalue weighted by atomic mass is 9.97. The molecule has 0 aliphatic heterocycles. The number of carbonyl (C=O) groups excluding carboxylic acids is 2. The van der Waals surface area contributed by atoms with Gasteiger partial charge in [0.05, 0.1) is 4.88 Å². The van der Waals surface area contributed by atoms with E-state index < -0.39 is 0 Å². The summed E-state index contributed by atoms with van der Waals surface area (Å²) in [6, 6.07) is 3.62. The third-order valence-corrected chi connectivity index (χ3v) is 4.40. The van der Waals surface area contributed by atoms with Crippen molar-refractivity contribution in [2.45, 2.75) is 38.5 Å². The molecule has 1 aromatic rings. The highest BCUT2D eigenvalue weighted by molar-refractivity contribution is 7.12. The van der Waals surface area contributed by atoms with Gasteiger partial charge in [0.25, 0.3) is 5.91 Å². The molecule has 0 radical (unpaired) electrons. The molecular weight excluding hydrogens is 284 g/mol. The largest absolute Gasteiger partial charge is 0.356 e. The molecule has 21 heavy (non-hydrogen) atoms. The van der Waals surface area contributed by atoms with Crippen LogP contribution in [-0.4, -0.2) is 24.9 Å². The van der Waals surface area contributed by atoms with E-state index in [0.717, 1.165) is 6.42 Å². The average molecular weight is 306 g/mol. The second-order valence-corrected chi connectivity index (χ2v) is 6.14. The van der Waals surface area contributed by atoms with Crippen LogP contribution >= 0.6 is 11.3 Å². The molecule has 2 amide bonds. The number of nitrogens with one attached hydrogen (secondary N) is 2. The zero-order valence-corrected chi connectivity index (χ0v) is 13.0. The number of carbonyl (C=O) groups is 2.